The van der Waals surface area contributed by atoms with Gasteiger partial charge in [0.25, 0.3) is 5.91 Å². The van der Waals surface area contributed by atoms with E-state index in [1.807, 2.05) is 43.6 Å². The summed E-state index contributed by atoms with van der Waals surface area (Å²) >= 11 is 0. The molecule has 52 heavy (non-hydrogen) atoms. The summed E-state index contributed by atoms with van der Waals surface area (Å²) in [4.78, 5) is 49.6. The first-order valence-corrected chi connectivity index (χ1v) is 20.6. The number of hydrogen-bond acceptors (Lipinski definition) is 9. The predicted octanol–water partition coefficient (Wildman–Crippen LogP) is 8.79. The molecule has 1 atom stereocenters. The van der Waals surface area contributed by atoms with Crippen LogP contribution in [-0.2, 0) is 33.4 Å². The van der Waals surface area contributed by atoms with Crippen LogP contribution in [0, 0.1) is 16.7 Å². The van der Waals surface area contributed by atoms with Gasteiger partial charge in [-0.2, -0.15) is 0 Å². The summed E-state index contributed by atoms with van der Waals surface area (Å²) in [6.07, 6.45) is 8.39. The van der Waals surface area contributed by atoms with Crippen molar-refractivity contribution in [2.75, 3.05) is 33.0 Å². The number of aromatic nitrogens is 1. The molecule has 0 spiro atoms. The van der Waals surface area contributed by atoms with E-state index in [1.54, 1.807) is 0 Å². The Bertz CT molecular complexity index is 1620. The first-order valence-electron chi connectivity index (χ1n) is 19.4. The molecule has 1 aliphatic heterocycles. The van der Waals surface area contributed by atoms with Crippen molar-refractivity contribution in [3.63, 3.8) is 0 Å². The molecule has 0 N–H and O–H groups in total. The quantitative estimate of drug-likeness (QED) is 0.0960. The van der Waals surface area contributed by atoms with Gasteiger partial charge in [-0.1, -0.05) is 48.0 Å². The highest BCUT2D eigenvalue weighted by atomic mass is 31.1. The van der Waals surface area contributed by atoms with Crippen LogP contribution < -0.4 is 0 Å². The van der Waals surface area contributed by atoms with E-state index in [0.717, 1.165) is 42.5 Å². The van der Waals surface area contributed by atoms with Crippen molar-refractivity contribution in [1.82, 2.24) is 14.8 Å². The fourth-order valence-electron chi connectivity index (χ4n) is 8.07. The van der Waals surface area contributed by atoms with Gasteiger partial charge in [-0.25, -0.2) is 4.98 Å². The van der Waals surface area contributed by atoms with Crippen molar-refractivity contribution < 1.29 is 37.2 Å². The highest BCUT2D eigenvalue weighted by Gasteiger charge is 2.45. The monoisotopic (exact) mass is 743 g/mol. The average Bonchev–Trinajstić information content (AvgIpc) is 3.51. The number of unbranched alkanes of at least 4 members (excludes halogenated alkanes) is 1. The molecule has 3 fully saturated rings. The maximum Gasteiger partial charge on any atom is 0.322 e. The molecule has 2 aromatic heterocycles. The highest BCUT2D eigenvalue weighted by molar-refractivity contribution is 7.33. The van der Waals surface area contributed by atoms with E-state index >= 15 is 0 Å². The van der Waals surface area contributed by atoms with Crippen molar-refractivity contribution in [1.29, 1.82) is 0 Å². The van der Waals surface area contributed by atoms with E-state index in [0.29, 0.717) is 68.8 Å². The number of rotatable bonds is 11. The summed E-state index contributed by atoms with van der Waals surface area (Å²) in [5.41, 5.74) is 2.38. The molecule has 0 radical (unpaired) electrons. The zero-order valence-electron chi connectivity index (χ0n) is 33.0. The fourth-order valence-corrected chi connectivity index (χ4v) is 8.62. The molecular weight excluding hydrogens is 681 g/mol. The number of fused-ring (bicyclic) bond motifs is 1. The summed E-state index contributed by atoms with van der Waals surface area (Å²) in [6.45, 7) is 20.2. The first-order chi connectivity index (χ1) is 24.3. The molecule has 12 heteroatoms. The molecule has 5 rings (SSSR count). The minimum atomic E-state index is -2.71. The molecule has 0 bridgehead atoms. The van der Waals surface area contributed by atoms with Crippen molar-refractivity contribution in [2.24, 2.45) is 16.7 Å². The van der Waals surface area contributed by atoms with Crippen molar-refractivity contribution in [3.8, 4) is 0 Å². The molecule has 3 heterocycles. The predicted molar refractivity (Wildman–Crippen MR) is 201 cm³/mol. The normalized spacial score (nSPS) is 24.5. The Labute approximate surface area is 310 Å². The standard InChI is InChI=1S/C40H62N3O8P/c1-10-11-22-49-52(47)50-26-48-36(46)40(9)18-14-28(15-19-40)34(44)42-20-21-43(39(7,8)25-42)35(45)32-24-31-33(51-32)29(37(2,3)4)23-30(41-31)27-12-16-38(5,6)17-13-27/h23-24,27-28,52H,10-22,25-26H2,1-9H3. The SMILES string of the molecule is CCCCO[PH](=O)OCOC(=O)C1(C)CCC(C(=O)N2CCN(C(=O)c3cc4nc(C5CCC(C)(C)CC5)cc(C(C)(C)C)c4o3)C(C)(C)C2)CC1. The third-order valence-electron chi connectivity index (χ3n) is 11.7. The summed E-state index contributed by atoms with van der Waals surface area (Å²) in [6, 6.07) is 4.02. The average molecular weight is 744 g/mol. The van der Waals surface area contributed by atoms with Crippen LogP contribution in [0.5, 0.6) is 0 Å². The molecule has 290 valence electrons. The van der Waals surface area contributed by atoms with Crippen LogP contribution in [-0.4, -0.2) is 71.1 Å². The topological polar surface area (TPSA) is 128 Å². The van der Waals surface area contributed by atoms with E-state index in [4.69, 9.17) is 23.2 Å². The lowest BCUT2D eigenvalue weighted by atomic mass is 9.71. The molecule has 2 aromatic rings. The van der Waals surface area contributed by atoms with Gasteiger partial charge in [-0.3, -0.25) is 23.5 Å². The number of amides is 2. The summed E-state index contributed by atoms with van der Waals surface area (Å²) in [5, 5.41) is 0. The molecule has 0 aromatic carbocycles. The van der Waals surface area contributed by atoms with Gasteiger partial charge in [0.2, 0.25) is 12.7 Å². The lowest BCUT2D eigenvalue weighted by Crippen LogP contribution is -2.62. The van der Waals surface area contributed by atoms with Crippen LogP contribution in [0.3, 0.4) is 0 Å². The van der Waals surface area contributed by atoms with Gasteiger partial charge in [-0.05, 0) is 95.5 Å². The molecule has 2 aliphatic carbocycles. The number of esters is 1. The fraction of sp³-hybridized carbons (Fsp3) is 0.750. The van der Waals surface area contributed by atoms with Crippen LogP contribution in [0.25, 0.3) is 11.1 Å². The van der Waals surface area contributed by atoms with E-state index in [1.165, 1.54) is 12.8 Å². The van der Waals surface area contributed by atoms with Crippen molar-refractivity contribution in [2.45, 2.75) is 143 Å². The molecule has 11 nitrogen and oxygen atoms in total. The van der Waals surface area contributed by atoms with Crippen molar-refractivity contribution >= 4 is 37.1 Å². The Morgan fingerprint density at radius 2 is 1.63 bits per heavy atom. The number of ether oxygens (including phenoxy) is 1. The first kappa shape index (κ1) is 40.4. The lowest BCUT2D eigenvalue weighted by Gasteiger charge is -2.48. The number of carbonyl (C=O) groups is 3. The summed E-state index contributed by atoms with van der Waals surface area (Å²) < 4.78 is 33.7. The zero-order chi connectivity index (χ0) is 38.1. The van der Waals surface area contributed by atoms with Crippen LogP contribution in [0.4, 0.5) is 0 Å². The molecule has 1 unspecified atom stereocenters. The number of hydrogen-bond donors (Lipinski definition) is 0. The maximum atomic E-state index is 14.1. The van der Waals surface area contributed by atoms with Gasteiger partial charge in [0.05, 0.1) is 17.6 Å². The highest BCUT2D eigenvalue weighted by Crippen LogP contribution is 2.44. The van der Waals surface area contributed by atoms with Crippen LogP contribution in [0.15, 0.2) is 16.5 Å². The van der Waals surface area contributed by atoms with Crippen LogP contribution in [0.1, 0.15) is 154 Å². The third kappa shape index (κ3) is 9.30. The summed E-state index contributed by atoms with van der Waals surface area (Å²) in [7, 11) is -2.71. The number of furan rings is 1. The number of pyridine rings is 1. The van der Waals surface area contributed by atoms with E-state index in [9.17, 15) is 18.9 Å². The zero-order valence-corrected chi connectivity index (χ0v) is 34.0. The third-order valence-corrected chi connectivity index (χ3v) is 12.5. The lowest BCUT2D eigenvalue weighted by molar-refractivity contribution is -0.165. The molecule has 3 aliphatic rings. The second kappa shape index (κ2) is 15.9. The second-order valence-corrected chi connectivity index (χ2v) is 19.2. The molecule has 1 saturated heterocycles. The van der Waals surface area contributed by atoms with Crippen LogP contribution in [0.2, 0.25) is 0 Å². The van der Waals surface area contributed by atoms with Gasteiger partial charge in [0.15, 0.2) is 11.3 Å². The molecule has 2 amide bonds. The van der Waals surface area contributed by atoms with E-state index < -0.39 is 32.0 Å². The minimum Gasteiger partial charge on any atom is -0.449 e. The van der Waals surface area contributed by atoms with Gasteiger partial charge in [0, 0.05) is 48.8 Å². The molecule has 2 saturated carbocycles. The van der Waals surface area contributed by atoms with Crippen LogP contribution >= 0.6 is 8.25 Å². The Kier molecular flexibility index (Phi) is 12.4. The Balaban J connectivity index is 1.19. The van der Waals surface area contributed by atoms with E-state index in [2.05, 4.69) is 40.7 Å². The van der Waals surface area contributed by atoms with Crippen molar-refractivity contribution in [3.05, 3.63) is 29.2 Å². The molecular formula is C40H62N3O8P. The van der Waals surface area contributed by atoms with Gasteiger partial charge < -0.3 is 23.5 Å². The largest absolute Gasteiger partial charge is 0.449 e. The van der Waals surface area contributed by atoms with Gasteiger partial charge in [-0.15, -0.1) is 0 Å². The van der Waals surface area contributed by atoms with Gasteiger partial charge in [0.1, 0.15) is 5.52 Å². The number of carbonyl (C=O) groups excluding carboxylic acids is 3. The number of piperazine rings is 1. The van der Waals surface area contributed by atoms with Gasteiger partial charge >= 0.3 is 14.2 Å². The Hall–Kier alpha value is -2.75. The summed E-state index contributed by atoms with van der Waals surface area (Å²) in [5.74, 6) is -0.0754. The second-order valence-electron chi connectivity index (χ2n) is 18.1. The smallest absolute Gasteiger partial charge is 0.322 e. The van der Waals surface area contributed by atoms with E-state index in [-0.39, 0.29) is 28.9 Å². The Morgan fingerprint density at radius 1 is 0.962 bits per heavy atom. The maximum absolute atomic E-state index is 14.1. The number of nitrogens with zero attached hydrogens (tertiary/aromatic N) is 3. The minimum absolute atomic E-state index is 0.0585. The Morgan fingerprint density at radius 3 is 2.25 bits per heavy atom.